The third-order valence-corrected chi connectivity index (χ3v) is 2.03. The van der Waals surface area contributed by atoms with Gasteiger partial charge in [-0.15, -0.1) is 0 Å². The molecule has 0 atom stereocenters. The van der Waals surface area contributed by atoms with Gasteiger partial charge in [0.25, 0.3) is 5.69 Å². The molecule has 2 rings (SSSR count). The maximum Gasteiger partial charge on any atom is 0.278 e. The van der Waals surface area contributed by atoms with Crippen molar-refractivity contribution in [3.8, 4) is 0 Å². The van der Waals surface area contributed by atoms with Crippen molar-refractivity contribution in [2.24, 2.45) is 4.99 Å². The van der Waals surface area contributed by atoms with Gasteiger partial charge in [0.2, 0.25) is 0 Å². The van der Waals surface area contributed by atoms with E-state index in [1.54, 1.807) is 19.1 Å². The standard InChI is InChI=1S/C9H8N2O3/c1-6-10-8-3-2-4-9(11(12)13)7(8)5-14-6/h2-4H,5H2,1H3. The molecule has 1 aliphatic rings. The van der Waals surface area contributed by atoms with Crippen LogP contribution in [0.4, 0.5) is 11.4 Å². The minimum absolute atomic E-state index is 0.0683. The van der Waals surface area contributed by atoms with Gasteiger partial charge in [0.15, 0.2) is 5.90 Å². The molecular weight excluding hydrogens is 184 g/mol. The van der Waals surface area contributed by atoms with Crippen molar-refractivity contribution >= 4 is 17.3 Å². The van der Waals surface area contributed by atoms with E-state index < -0.39 is 4.92 Å². The first kappa shape index (κ1) is 8.68. The SMILES string of the molecule is CC1=Nc2cccc([N+](=O)[O-])c2CO1. The molecule has 1 aromatic rings. The summed E-state index contributed by atoms with van der Waals surface area (Å²) in [6.07, 6.45) is 0. The maximum atomic E-state index is 10.7. The number of rotatable bonds is 1. The van der Waals surface area contributed by atoms with Crippen molar-refractivity contribution in [1.29, 1.82) is 0 Å². The van der Waals surface area contributed by atoms with Crippen molar-refractivity contribution in [2.75, 3.05) is 0 Å². The van der Waals surface area contributed by atoms with Crippen LogP contribution in [0.25, 0.3) is 0 Å². The molecule has 0 bridgehead atoms. The van der Waals surface area contributed by atoms with Gasteiger partial charge in [-0.05, 0) is 6.07 Å². The third kappa shape index (κ3) is 1.32. The predicted molar refractivity (Wildman–Crippen MR) is 50.7 cm³/mol. The van der Waals surface area contributed by atoms with Crippen molar-refractivity contribution in [3.63, 3.8) is 0 Å². The molecule has 1 aliphatic heterocycles. The Labute approximate surface area is 80.2 Å². The molecule has 0 spiro atoms. The van der Waals surface area contributed by atoms with E-state index in [0.717, 1.165) is 0 Å². The summed E-state index contributed by atoms with van der Waals surface area (Å²) in [5.41, 5.74) is 1.24. The number of benzene rings is 1. The molecule has 1 heterocycles. The van der Waals surface area contributed by atoms with E-state index in [9.17, 15) is 10.1 Å². The molecule has 0 saturated heterocycles. The molecule has 0 aliphatic carbocycles. The van der Waals surface area contributed by atoms with Gasteiger partial charge >= 0.3 is 0 Å². The van der Waals surface area contributed by atoms with Gasteiger partial charge in [-0.25, -0.2) is 4.99 Å². The molecule has 5 nitrogen and oxygen atoms in total. The first-order chi connectivity index (χ1) is 6.68. The molecule has 0 aromatic heterocycles. The zero-order valence-corrected chi connectivity index (χ0v) is 7.56. The fourth-order valence-corrected chi connectivity index (χ4v) is 1.36. The first-order valence-electron chi connectivity index (χ1n) is 4.13. The largest absolute Gasteiger partial charge is 0.476 e. The lowest BCUT2D eigenvalue weighted by molar-refractivity contribution is -0.385. The van der Waals surface area contributed by atoms with Gasteiger partial charge in [-0.3, -0.25) is 10.1 Å². The Morgan fingerprint density at radius 2 is 2.36 bits per heavy atom. The van der Waals surface area contributed by atoms with Crippen LogP contribution in [0, 0.1) is 10.1 Å². The van der Waals surface area contributed by atoms with Gasteiger partial charge in [0.1, 0.15) is 6.61 Å². The van der Waals surface area contributed by atoms with Crippen LogP contribution >= 0.6 is 0 Å². The fraction of sp³-hybridized carbons (Fsp3) is 0.222. The lowest BCUT2D eigenvalue weighted by Gasteiger charge is -2.13. The minimum Gasteiger partial charge on any atom is -0.476 e. The number of hydrogen-bond acceptors (Lipinski definition) is 4. The number of hydrogen-bond donors (Lipinski definition) is 0. The van der Waals surface area contributed by atoms with Crippen molar-refractivity contribution in [1.82, 2.24) is 0 Å². The fourth-order valence-electron chi connectivity index (χ4n) is 1.36. The highest BCUT2D eigenvalue weighted by Gasteiger charge is 2.20. The molecule has 0 unspecified atom stereocenters. The van der Waals surface area contributed by atoms with Gasteiger partial charge in [-0.2, -0.15) is 0 Å². The van der Waals surface area contributed by atoms with Crippen LogP contribution in [0.5, 0.6) is 0 Å². The van der Waals surface area contributed by atoms with Gasteiger partial charge < -0.3 is 4.74 Å². The van der Waals surface area contributed by atoms with Gasteiger partial charge in [0.05, 0.1) is 16.2 Å². The Hall–Kier alpha value is -1.91. The minimum atomic E-state index is -0.418. The number of ether oxygens (including phenoxy) is 1. The Morgan fingerprint density at radius 1 is 1.57 bits per heavy atom. The Balaban J connectivity index is 2.58. The van der Waals surface area contributed by atoms with E-state index in [1.807, 2.05) is 0 Å². The third-order valence-electron chi connectivity index (χ3n) is 2.03. The number of nitrogens with zero attached hydrogens (tertiary/aromatic N) is 2. The van der Waals surface area contributed by atoms with Crippen LogP contribution in [0.2, 0.25) is 0 Å². The average molecular weight is 192 g/mol. The van der Waals surface area contributed by atoms with Crippen LogP contribution in [-0.4, -0.2) is 10.8 Å². The summed E-state index contributed by atoms with van der Waals surface area (Å²) in [6, 6.07) is 4.83. The normalized spacial score (nSPS) is 13.9. The zero-order valence-electron chi connectivity index (χ0n) is 7.56. The molecular formula is C9H8N2O3. The highest BCUT2D eigenvalue weighted by Crippen LogP contribution is 2.31. The van der Waals surface area contributed by atoms with Crippen molar-refractivity contribution < 1.29 is 9.66 Å². The second kappa shape index (κ2) is 3.10. The molecule has 1 aromatic carbocycles. The topological polar surface area (TPSA) is 64.7 Å². The number of fused-ring (bicyclic) bond motifs is 1. The lowest BCUT2D eigenvalue weighted by atomic mass is 10.1. The Kier molecular flexibility index (Phi) is 1.92. The molecule has 5 heteroatoms. The summed E-state index contributed by atoms with van der Waals surface area (Å²) in [5.74, 6) is 0.540. The molecule has 0 amide bonds. The maximum absolute atomic E-state index is 10.7. The number of nitro groups is 1. The van der Waals surface area contributed by atoms with Crippen molar-refractivity contribution in [3.05, 3.63) is 33.9 Å². The number of aliphatic imine (C=N–C) groups is 1. The summed E-state index contributed by atoms with van der Waals surface area (Å²) in [7, 11) is 0. The molecule has 14 heavy (non-hydrogen) atoms. The lowest BCUT2D eigenvalue weighted by Crippen LogP contribution is -2.07. The van der Waals surface area contributed by atoms with Crippen LogP contribution in [0.3, 0.4) is 0 Å². The van der Waals surface area contributed by atoms with Gasteiger partial charge in [-0.1, -0.05) is 6.07 Å². The van der Waals surface area contributed by atoms with Crippen LogP contribution < -0.4 is 0 Å². The predicted octanol–water partition coefficient (Wildman–Crippen LogP) is 2.17. The summed E-state index contributed by atoms with van der Waals surface area (Å²) < 4.78 is 5.14. The Bertz CT molecular complexity index is 426. The van der Waals surface area contributed by atoms with E-state index in [2.05, 4.69) is 4.99 Å². The smallest absolute Gasteiger partial charge is 0.278 e. The molecule has 0 radical (unpaired) electrons. The monoisotopic (exact) mass is 192 g/mol. The molecule has 72 valence electrons. The summed E-state index contributed by atoms with van der Waals surface area (Å²) in [4.78, 5) is 14.3. The summed E-state index contributed by atoms with van der Waals surface area (Å²) in [6.45, 7) is 1.95. The quantitative estimate of drug-likeness (QED) is 0.506. The van der Waals surface area contributed by atoms with E-state index >= 15 is 0 Å². The second-order valence-electron chi connectivity index (χ2n) is 2.95. The highest BCUT2D eigenvalue weighted by molar-refractivity contribution is 5.80. The molecule has 0 saturated carbocycles. The van der Waals surface area contributed by atoms with E-state index in [4.69, 9.17) is 4.74 Å². The van der Waals surface area contributed by atoms with Crippen LogP contribution in [-0.2, 0) is 11.3 Å². The van der Waals surface area contributed by atoms with Gasteiger partial charge in [0, 0.05) is 13.0 Å². The zero-order chi connectivity index (χ0) is 10.1. The van der Waals surface area contributed by atoms with E-state index in [0.29, 0.717) is 17.1 Å². The van der Waals surface area contributed by atoms with Crippen molar-refractivity contribution in [2.45, 2.75) is 13.5 Å². The highest BCUT2D eigenvalue weighted by atomic mass is 16.6. The summed E-state index contributed by atoms with van der Waals surface area (Å²) >= 11 is 0. The average Bonchev–Trinajstić information content (AvgIpc) is 2.16. The molecule has 0 fully saturated rings. The summed E-state index contributed by atoms with van der Waals surface area (Å²) in [5, 5.41) is 10.7. The second-order valence-corrected chi connectivity index (χ2v) is 2.95. The van der Waals surface area contributed by atoms with E-state index in [-0.39, 0.29) is 12.3 Å². The molecule has 0 N–H and O–H groups in total. The van der Waals surface area contributed by atoms with Crippen LogP contribution in [0.15, 0.2) is 23.2 Å². The van der Waals surface area contributed by atoms with Crippen LogP contribution in [0.1, 0.15) is 12.5 Å². The Morgan fingerprint density at radius 3 is 3.07 bits per heavy atom. The first-order valence-corrected chi connectivity index (χ1v) is 4.13. The van der Waals surface area contributed by atoms with E-state index in [1.165, 1.54) is 6.07 Å². The number of nitro benzene ring substituents is 1.